The third-order valence-corrected chi connectivity index (χ3v) is 2.76. The van der Waals surface area contributed by atoms with Gasteiger partial charge in [0.25, 0.3) is 0 Å². The second-order valence-electron chi connectivity index (χ2n) is 4.36. The lowest BCUT2D eigenvalue weighted by Gasteiger charge is -2.14. The van der Waals surface area contributed by atoms with Crippen molar-refractivity contribution in [3.63, 3.8) is 0 Å². The Morgan fingerprint density at radius 1 is 1.39 bits per heavy atom. The highest BCUT2D eigenvalue weighted by atomic mass is 16.1. The van der Waals surface area contributed by atoms with Gasteiger partial charge in [0.2, 0.25) is 5.91 Å². The van der Waals surface area contributed by atoms with Crippen LogP contribution < -0.4 is 16.8 Å². The van der Waals surface area contributed by atoms with E-state index in [1.165, 1.54) is 0 Å². The highest BCUT2D eigenvalue weighted by Gasteiger charge is 2.11. The predicted octanol–water partition coefficient (Wildman–Crippen LogP) is 1.41. The van der Waals surface area contributed by atoms with Gasteiger partial charge in [-0.1, -0.05) is 0 Å². The van der Waals surface area contributed by atoms with Crippen LogP contribution in [-0.4, -0.2) is 16.9 Å². The third-order valence-electron chi connectivity index (χ3n) is 2.76. The molecule has 5 N–H and O–H groups in total. The number of carbonyl (C=O) groups is 1. The molecular weight excluding hydrogens is 228 g/mol. The highest BCUT2D eigenvalue weighted by molar-refractivity contribution is 5.95. The summed E-state index contributed by atoms with van der Waals surface area (Å²) in [5.74, 6) is -0.401. The summed E-state index contributed by atoms with van der Waals surface area (Å²) in [5.41, 5.74) is 14.2. The van der Waals surface area contributed by atoms with Crippen molar-refractivity contribution >= 4 is 28.2 Å². The molecule has 0 bridgehead atoms. The zero-order chi connectivity index (χ0) is 13.3. The summed E-state index contributed by atoms with van der Waals surface area (Å²) in [6, 6.07) is 6.92. The van der Waals surface area contributed by atoms with Crippen molar-refractivity contribution in [3.05, 3.63) is 30.0 Å². The van der Waals surface area contributed by atoms with E-state index in [4.69, 9.17) is 11.5 Å². The standard InChI is InChI=1S/C13H16N4O/c1-7-5-12(17-8(2)13(15)18)10-6-9(14)3-4-11(10)16-7/h3-6,8H,14H2,1-2H3,(H2,15,18)(H,16,17). The molecule has 0 aliphatic carbocycles. The van der Waals surface area contributed by atoms with Crippen molar-refractivity contribution in [1.29, 1.82) is 0 Å². The molecule has 1 atom stereocenters. The number of amides is 1. The Balaban J connectivity index is 2.54. The number of pyridine rings is 1. The molecule has 5 nitrogen and oxygen atoms in total. The number of hydrogen-bond donors (Lipinski definition) is 3. The van der Waals surface area contributed by atoms with Crippen molar-refractivity contribution < 1.29 is 4.79 Å². The Morgan fingerprint density at radius 2 is 2.11 bits per heavy atom. The number of hydrogen-bond acceptors (Lipinski definition) is 4. The molecule has 0 saturated heterocycles. The quantitative estimate of drug-likeness (QED) is 0.711. The van der Waals surface area contributed by atoms with Crippen LogP contribution >= 0.6 is 0 Å². The molecule has 0 spiro atoms. The lowest BCUT2D eigenvalue weighted by molar-refractivity contribution is -0.118. The molecule has 0 saturated carbocycles. The number of nitrogens with zero attached hydrogens (tertiary/aromatic N) is 1. The minimum atomic E-state index is -0.448. The SMILES string of the molecule is Cc1cc(NC(C)C(N)=O)c2cc(N)ccc2n1. The van der Waals surface area contributed by atoms with E-state index in [0.717, 1.165) is 22.3 Å². The van der Waals surface area contributed by atoms with Gasteiger partial charge in [0.05, 0.1) is 5.52 Å². The Hall–Kier alpha value is -2.30. The van der Waals surface area contributed by atoms with Crippen LogP contribution in [0, 0.1) is 6.92 Å². The van der Waals surface area contributed by atoms with E-state index in [-0.39, 0.29) is 0 Å². The zero-order valence-corrected chi connectivity index (χ0v) is 10.4. The van der Waals surface area contributed by atoms with Crippen molar-refractivity contribution in [3.8, 4) is 0 Å². The van der Waals surface area contributed by atoms with Crippen LogP contribution in [0.15, 0.2) is 24.3 Å². The van der Waals surface area contributed by atoms with Crippen LogP contribution in [0.2, 0.25) is 0 Å². The Kier molecular flexibility index (Phi) is 3.06. The van der Waals surface area contributed by atoms with Crippen molar-refractivity contribution in [2.24, 2.45) is 5.73 Å². The molecule has 1 heterocycles. The van der Waals surface area contributed by atoms with Gasteiger partial charge in [-0.2, -0.15) is 0 Å². The molecule has 1 aromatic carbocycles. The molecule has 2 rings (SSSR count). The van der Waals surface area contributed by atoms with Gasteiger partial charge in [-0.3, -0.25) is 9.78 Å². The number of fused-ring (bicyclic) bond motifs is 1. The number of benzene rings is 1. The average molecular weight is 244 g/mol. The number of aromatic nitrogens is 1. The number of aryl methyl sites for hydroxylation is 1. The minimum absolute atomic E-state index is 0.401. The number of nitrogens with two attached hydrogens (primary N) is 2. The first-order valence-corrected chi connectivity index (χ1v) is 5.70. The lowest BCUT2D eigenvalue weighted by Crippen LogP contribution is -2.32. The van der Waals surface area contributed by atoms with Crippen molar-refractivity contribution in [2.45, 2.75) is 19.9 Å². The number of nitrogen functional groups attached to an aromatic ring is 1. The smallest absolute Gasteiger partial charge is 0.239 e. The molecule has 1 amide bonds. The molecule has 0 radical (unpaired) electrons. The van der Waals surface area contributed by atoms with Crippen LogP contribution in [0.25, 0.3) is 10.9 Å². The second-order valence-corrected chi connectivity index (χ2v) is 4.36. The maximum Gasteiger partial charge on any atom is 0.239 e. The number of nitrogens with one attached hydrogen (secondary N) is 1. The van der Waals surface area contributed by atoms with Gasteiger partial charge in [0.15, 0.2) is 0 Å². The van der Waals surface area contributed by atoms with Gasteiger partial charge in [0.1, 0.15) is 6.04 Å². The van der Waals surface area contributed by atoms with Crippen molar-refractivity contribution in [1.82, 2.24) is 4.98 Å². The molecule has 18 heavy (non-hydrogen) atoms. The van der Waals surface area contributed by atoms with E-state index in [2.05, 4.69) is 10.3 Å². The van der Waals surface area contributed by atoms with Crippen LogP contribution in [0.5, 0.6) is 0 Å². The maximum atomic E-state index is 11.1. The molecule has 0 aliphatic heterocycles. The Morgan fingerprint density at radius 3 is 2.78 bits per heavy atom. The summed E-state index contributed by atoms with van der Waals surface area (Å²) >= 11 is 0. The largest absolute Gasteiger partial charge is 0.399 e. The number of rotatable bonds is 3. The van der Waals surface area contributed by atoms with E-state index in [0.29, 0.717) is 5.69 Å². The van der Waals surface area contributed by atoms with Gasteiger partial charge < -0.3 is 16.8 Å². The van der Waals surface area contributed by atoms with Gasteiger partial charge in [-0.05, 0) is 38.1 Å². The molecular formula is C13H16N4O. The monoisotopic (exact) mass is 244 g/mol. The van der Waals surface area contributed by atoms with Gasteiger partial charge >= 0.3 is 0 Å². The maximum absolute atomic E-state index is 11.1. The molecule has 0 fully saturated rings. The Bertz CT molecular complexity index is 609. The van der Waals surface area contributed by atoms with Crippen LogP contribution in [-0.2, 0) is 4.79 Å². The van der Waals surface area contributed by atoms with Crippen LogP contribution in [0.1, 0.15) is 12.6 Å². The summed E-state index contributed by atoms with van der Waals surface area (Å²) in [6.45, 7) is 3.62. The minimum Gasteiger partial charge on any atom is -0.399 e. The average Bonchev–Trinajstić information content (AvgIpc) is 2.29. The first kappa shape index (κ1) is 12.2. The predicted molar refractivity (Wildman–Crippen MR) is 73.2 cm³/mol. The molecule has 1 unspecified atom stereocenters. The first-order chi connectivity index (χ1) is 8.47. The fourth-order valence-electron chi connectivity index (χ4n) is 1.80. The van der Waals surface area contributed by atoms with E-state index < -0.39 is 11.9 Å². The van der Waals surface area contributed by atoms with Crippen LogP contribution in [0.3, 0.4) is 0 Å². The summed E-state index contributed by atoms with van der Waals surface area (Å²) in [4.78, 5) is 15.5. The number of anilines is 2. The number of carbonyl (C=O) groups excluding carboxylic acids is 1. The summed E-state index contributed by atoms with van der Waals surface area (Å²) < 4.78 is 0. The van der Waals surface area contributed by atoms with Gasteiger partial charge in [-0.25, -0.2) is 0 Å². The van der Waals surface area contributed by atoms with E-state index in [1.807, 2.05) is 25.1 Å². The summed E-state index contributed by atoms with van der Waals surface area (Å²) in [5, 5.41) is 3.97. The normalized spacial score (nSPS) is 12.3. The topological polar surface area (TPSA) is 94.0 Å². The molecule has 94 valence electrons. The molecule has 5 heteroatoms. The summed E-state index contributed by atoms with van der Waals surface area (Å²) in [7, 11) is 0. The van der Waals surface area contributed by atoms with Gasteiger partial charge in [0, 0.05) is 22.5 Å². The zero-order valence-electron chi connectivity index (χ0n) is 10.4. The summed E-state index contributed by atoms with van der Waals surface area (Å²) in [6.07, 6.45) is 0. The second kappa shape index (κ2) is 4.52. The number of primary amides is 1. The highest BCUT2D eigenvalue weighted by Crippen LogP contribution is 2.25. The van der Waals surface area contributed by atoms with E-state index >= 15 is 0 Å². The fourth-order valence-corrected chi connectivity index (χ4v) is 1.80. The molecule has 2 aromatic rings. The van der Waals surface area contributed by atoms with E-state index in [1.54, 1.807) is 13.0 Å². The first-order valence-electron chi connectivity index (χ1n) is 5.70. The Labute approximate surface area is 105 Å². The fraction of sp³-hybridized carbons (Fsp3) is 0.231. The molecule has 1 aromatic heterocycles. The van der Waals surface area contributed by atoms with Crippen molar-refractivity contribution in [2.75, 3.05) is 11.1 Å². The third kappa shape index (κ3) is 2.34. The van der Waals surface area contributed by atoms with E-state index in [9.17, 15) is 4.79 Å². The lowest BCUT2D eigenvalue weighted by atomic mass is 10.1. The van der Waals surface area contributed by atoms with Gasteiger partial charge in [-0.15, -0.1) is 0 Å². The van der Waals surface area contributed by atoms with Crippen LogP contribution in [0.4, 0.5) is 11.4 Å². The molecule has 0 aliphatic rings.